The van der Waals surface area contributed by atoms with Gasteiger partial charge in [-0.3, -0.25) is 10.1 Å². The van der Waals surface area contributed by atoms with Crippen LogP contribution in [0, 0.1) is 0 Å². The molecule has 0 spiro atoms. The average molecular weight is 364 g/mol. The Morgan fingerprint density at radius 3 is 2.61 bits per heavy atom. The summed E-state index contributed by atoms with van der Waals surface area (Å²) in [5.74, 6) is -0.361. The standard InChI is InChI=1S/C16H11Cl2N3OS/c17-12-8-4-7-11(14(12)18)15(22)19-16-21-20-13(23-16)9-10-5-2-1-3-6-10/h1-8H,9H2,(H,19,21,22). The van der Waals surface area contributed by atoms with E-state index in [0.29, 0.717) is 22.1 Å². The minimum absolute atomic E-state index is 0.223. The van der Waals surface area contributed by atoms with E-state index < -0.39 is 0 Å². The number of nitrogens with one attached hydrogen (secondary N) is 1. The molecular formula is C16H11Cl2N3OS. The van der Waals surface area contributed by atoms with E-state index in [1.165, 1.54) is 11.3 Å². The van der Waals surface area contributed by atoms with Crippen LogP contribution in [0.25, 0.3) is 0 Å². The van der Waals surface area contributed by atoms with Crippen LogP contribution in [-0.4, -0.2) is 16.1 Å². The largest absolute Gasteiger partial charge is 0.296 e. The topological polar surface area (TPSA) is 54.9 Å². The molecule has 0 aliphatic rings. The molecule has 1 aromatic heterocycles. The Morgan fingerprint density at radius 1 is 1.04 bits per heavy atom. The van der Waals surface area contributed by atoms with Crippen LogP contribution in [0.5, 0.6) is 0 Å². The van der Waals surface area contributed by atoms with Gasteiger partial charge in [0, 0.05) is 6.42 Å². The molecule has 2 aromatic carbocycles. The fraction of sp³-hybridized carbons (Fsp3) is 0.0625. The fourth-order valence-electron chi connectivity index (χ4n) is 1.99. The van der Waals surface area contributed by atoms with Gasteiger partial charge >= 0.3 is 0 Å². The van der Waals surface area contributed by atoms with Gasteiger partial charge in [0.1, 0.15) is 5.01 Å². The summed E-state index contributed by atoms with van der Waals surface area (Å²) in [5.41, 5.74) is 1.44. The molecule has 0 unspecified atom stereocenters. The van der Waals surface area contributed by atoms with E-state index in [0.717, 1.165) is 10.6 Å². The van der Waals surface area contributed by atoms with Crippen molar-refractivity contribution in [2.24, 2.45) is 0 Å². The third-order valence-electron chi connectivity index (χ3n) is 3.08. The summed E-state index contributed by atoms with van der Waals surface area (Å²) in [6.07, 6.45) is 0.673. The lowest BCUT2D eigenvalue weighted by Crippen LogP contribution is -2.12. The molecule has 0 aliphatic carbocycles. The van der Waals surface area contributed by atoms with Gasteiger partial charge in [0.15, 0.2) is 0 Å². The number of amides is 1. The van der Waals surface area contributed by atoms with Crippen molar-refractivity contribution in [1.82, 2.24) is 10.2 Å². The molecule has 23 heavy (non-hydrogen) atoms. The number of aromatic nitrogens is 2. The number of benzene rings is 2. The van der Waals surface area contributed by atoms with Crippen LogP contribution in [0.3, 0.4) is 0 Å². The maximum Gasteiger partial charge on any atom is 0.259 e. The summed E-state index contributed by atoms with van der Waals surface area (Å²) in [6, 6.07) is 14.9. The van der Waals surface area contributed by atoms with Crippen molar-refractivity contribution in [2.75, 3.05) is 5.32 Å². The average Bonchev–Trinajstić information content (AvgIpc) is 2.98. The zero-order valence-corrected chi connectivity index (χ0v) is 14.1. The summed E-state index contributed by atoms with van der Waals surface area (Å²) < 4.78 is 0. The molecule has 0 saturated carbocycles. The van der Waals surface area contributed by atoms with Crippen molar-refractivity contribution in [3.05, 3.63) is 74.7 Å². The SMILES string of the molecule is O=C(Nc1nnc(Cc2ccccc2)s1)c1cccc(Cl)c1Cl. The monoisotopic (exact) mass is 363 g/mol. The van der Waals surface area contributed by atoms with Crippen LogP contribution in [0.4, 0.5) is 5.13 Å². The molecule has 3 aromatic rings. The second-order valence-electron chi connectivity index (χ2n) is 4.72. The van der Waals surface area contributed by atoms with E-state index in [-0.39, 0.29) is 10.9 Å². The number of hydrogen-bond acceptors (Lipinski definition) is 4. The van der Waals surface area contributed by atoms with E-state index in [1.807, 2.05) is 30.3 Å². The molecule has 0 fully saturated rings. The number of halogens is 2. The number of nitrogens with zero attached hydrogens (tertiary/aromatic N) is 2. The summed E-state index contributed by atoms with van der Waals surface area (Å²) in [7, 11) is 0. The number of carbonyl (C=O) groups is 1. The van der Waals surface area contributed by atoms with Crippen LogP contribution in [0.2, 0.25) is 10.0 Å². The molecule has 3 rings (SSSR count). The van der Waals surface area contributed by atoms with Crippen LogP contribution < -0.4 is 5.32 Å². The minimum Gasteiger partial charge on any atom is -0.296 e. The molecule has 0 saturated heterocycles. The highest BCUT2D eigenvalue weighted by atomic mass is 35.5. The molecular weight excluding hydrogens is 353 g/mol. The summed E-state index contributed by atoms with van der Waals surface area (Å²) >= 11 is 13.3. The van der Waals surface area contributed by atoms with Crippen molar-refractivity contribution in [3.8, 4) is 0 Å². The lowest BCUT2D eigenvalue weighted by atomic mass is 10.2. The maximum atomic E-state index is 12.2. The highest BCUT2D eigenvalue weighted by Crippen LogP contribution is 2.27. The van der Waals surface area contributed by atoms with Gasteiger partial charge in [-0.15, -0.1) is 10.2 Å². The highest BCUT2D eigenvalue weighted by Gasteiger charge is 2.15. The van der Waals surface area contributed by atoms with Crippen LogP contribution in [0.15, 0.2) is 48.5 Å². The van der Waals surface area contributed by atoms with E-state index in [4.69, 9.17) is 23.2 Å². The number of anilines is 1. The van der Waals surface area contributed by atoms with Gasteiger partial charge in [-0.25, -0.2) is 0 Å². The molecule has 1 heterocycles. The van der Waals surface area contributed by atoms with Gasteiger partial charge in [-0.1, -0.05) is 70.9 Å². The van der Waals surface area contributed by atoms with Gasteiger partial charge in [-0.2, -0.15) is 0 Å². The van der Waals surface area contributed by atoms with Gasteiger partial charge in [-0.05, 0) is 17.7 Å². The van der Waals surface area contributed by atoms with E-state index in [9.17, 15) is 4.79 Å². The van der Waals surface area contributed by atoms with Crippen molar-refractivity contribution >= 4 is 45.6 Å². The summed E-state index contributed by atoms with van der Waals surface area (Å²) in [5, 5.41) is 12.6. The van der Waals surface area contributed by atoms with E-state index in [2.05, 4.69) is 15.5 Å². The highest BCUT2D eigenvalue weighted by molar-refractivity contribution is 7.15. The van der Waals surface area contributed by atoms with Crippen LogP contribution in [0.1, 0.15) is 20.9 Å². The Kier molecular flexibility index (Phi) is 4.91. The maximum absolute atomic E-state index is 12.2. The van der Waals surface area contributed by atoms with Crippen molar-refractivity contribution in [3.63, 3.8) is 0 Å². The molecule has 116 valence electrons. The van der Waals surface area contributed by atoms with E-state index >= 15 is 0 Å². The predicted molar refractivity (Wildman–Crippen MR) is 93.6 cm³/mol. The van der Waals surface area contributed by atoms with Crippen molar-refractivity contribution in [1.29, 1.82) is 0 Å². The first-order chi connectivity index (χ1) is 11.1. The summed E-state index contributed by atoms with van der Waals surface area (Å²) in [4.78, 5) is 12.2. The quantitative estimate of drug-likeness (QED) is 0.731. The van der Waals surface area contributed by atoms with E-state index in [1.54, 1.807) is 18.2 Å². The third kappa shape index (κ3) is 3.88. The zero-order valence-electron chi connectivity index (χ0n) is 11.8. The lowest BCUT2D eigenvalue weighted by molar-refractivity contribution is 0.102. The second-order valence-corrected chi connectivity index (χ2v) is 6.57. The first kappa shape index (κ1) is 15.9. The fourth-order valence-corrected chi connectivity index (χ4v) is 3.15. The number of hydrogen-bond donors (Lipinski definition) is 1. The predicted octanol–water partition coefficient (Wildman–Crippen LogP) is 4.69. The Morgan fingerprint density at radius 2 is 1.83 bits per heavy atom. The normalized spacial score (nSPS) is 10.5. The first-order valence-electron chi connectivity index (χ1n) is 6.75. The minimum atomic E-state index is -0.361. The molecule has 0 bridgehead atoms. The van der Waals surface area contributed by atoms with Crippen molar-refractivity contribution in [2.45, 2.75) is 6.42 Å². The molecule has 0 aliphatic heterocycles. The Hall–Kier alpha value is -1.95. The third-order valence-corrected chi connectivity index (χ3v) is 4.74. The first-order valence-corrected chi connectivity index (χ1v) is 8.32. The number of rotatable bonds is 4. The lowest BCUT2D eigenvalue weighted by Gasteiger charge is -2.04. The second kappa shape index (κ2) is 7.08. The van der Waals surface area contributed by atoms with Crippen molar-refractivity contribution < 1.29 is 4.79 Å². The van der Waals surface area contributed by atoms with Crippen LogP contribution in [-0.2, 0) is 6.42 Å². The van der Waals surface area contributed by atoms with Crippen LogP contribution >= 0.6 is 34.5 Å². The molecule has 1 N–H and O–H groups in total. The molecule has 1 amide bonds. The Labute approximate surface area is 147 Å². The van der Waals surface area contributed by atoms with Gasteiger partial charge in [0.05, 0.1) is 15.6 Å². The molecule has 7 heteroatoms. The Bertz CT molecular complexity index is 836. The molecule has 4 nitrogen and oxygen atoms in total. The van der Waals surface area contributed by atoms with Gasteiger partial charge in [0.25, 0.3) is 5.91 Å². The molecule has 0 atom stereocenters. The summed E-state index contributed by atoms with van der Waals surface area (Å²) in [6.45, 7) is 0. The van der Waals surface area contributed by atoms with Gasteiger partial charge < -0.3 is 0 Å². The number of carbonyl (C=O) groups excluding carboxylic acids is 1. The smallest absolute Gasteiger partial charge is 0.259 e. The zero-order chi connectivity index (χ0) is 16.2. The van der Waals surface area contributed by atoms with Gasteiger partial charge in [0.2, 0.25) is 5.13 Å². The molecule has 0 radical (unpaired) electrons. The Balaban J connectivity index is 1.71.